The third kappa shape index (κ3) is 4.86. The Morgan fingerprint density at radius 1 is 0.767 bits per heavy atom. The molecular formula is C34H39N3O6. The number of fused-ring (bicyclic) bond motifs is 4. The van der Waals surface area contributed by atoms with E-state index in [0.717, 1.165) is 48.8 Å². The van der Waals surface area contributed by atoms with Crippen molar-refractivity contribution in [3.05, 3.63) is 53.1 Å². The molecule has 1 saturated carbocycles. The summed E-state index contributed by atoms with van der Waals surface area (Å²) in [5.41, 5.74) is 3.76. The van der Waals surface area contributed by atoms with Crippen molar-refractivity contribution in [1.29, 1.82) is 0 Å². The van der Waals surface area contributed by atoms with Gasteiger partial charge in [-0.15, -0.1) is 0 Å². The minimum atomic E-state index is -0.860. The van der Waals surface area contributed by atoms with Gasteiger partial charge in [-0.1, -0.05) is 31.4 Å². The number of carbonyl (C=O) groups excluding carboxylic acids is 4. The van der Waals surface area contributed by atoms with Gasteiger partial charge in [0.05, 0.1) is 10.8 Å². The normalized spacial score (nSPS) is 23.0. The van der Waals surface area contributed by atoms with Gasteiger partial charge in [0.2, 0.25) is 17.7 Å². The van der Waals surface area contributed by atoms with Crippen molar-refractivity contribution in [3.8, 4) is 0 Å². The monoisotopic (exact) mass is 585 g/mol. The first-order valence-electron chi connectivity index (χ1n) is 15.8. The number of rotatable bonds is 5. The zero-order valence-electron chi connectivity index (χ0n) is 24.5. The third-order valence-corrected chi connectivity index (χ3v) is 10.6. The van der Waals surface area contributed by atoms with Crippen molar-refractivity contribution in [3.63, 3.8) is 0 Å². The zero-order chi connectivity index (χ0) is 29.6. The van der Waals surface area contributed by atoms with E-state index >= 15 is 0 Å². The number of ketones is 1. The zero-order valence-corrected chi connectivity index (χ0v) is 24.5. The van der Waals surface area contributed by atoms with Crippen LogP contribution in [-0.4, -0.2) is 49.9 Å². The Hall–Kier alpha value is -3.56. The van der Waals surface area contributed by atoms with Crippen LogP contribution in [0.3, 0.4) is 0 Å². The Labute approximate surface area is 251 Å². The highest BCUT2D eigenvalue weighted by Crippen LogP contribution is 2.46. The molecule has 3 heterocycles. The Bertz CT molecular complexity index is 1360. The van der Waals surface area contributed by atoms with Crippen LogP contribution in [0.25, 0.3) is 0 Å². The van der Waals surface area contributed by atoms with Crippen LogP contribution >= 0.6 is 0 Å². The maximum absolute atomic E-state index is 13.8. The summed E-state index contributed by atoms with van der Waals surface area (Å²) in [5, 5.41) is 9.03. The van der Waals surface area contributed by atoms with Crippen molar-refractivity contribution in [2.24, 2.45) is 11.8 Å². The molecular weight excluding hydrogens is 546 g/mol. The number of benzene rings is 2. The van der Waals surface area contributed by atoms with E-state index in [1.807, 2.05) is 30.3 Å². The quantitative estimate of drug-likeness (QED) is 0.440. The number of nitrogens with one attached hydrogen (secondary N) is 3. The smallest absolute Gasteiger partial charge is 0.237 e. The summed E-state index contributed by atoms with van der Waals surface area (Å²) >= 11 is 0. The molecule has 2 aromatic carbocycles. The first-order chi connectivity index (χ1) is 20.9. The van der Waals surface area contributed by atoms with Crippen LogP contribution in [0.2, 0.25) is 0 Å². The van der Waals surface area contributed by atoms with E-state index in [2.05, 4.69) is 16.0 Å². The Morgan fingerprint density at radius 2 is 1.35 bits per heavy atom. The van der Waals surface area contributed by atoms with Crippen LogP contribution in [0.1, 0.15) is 74.5 Å². The van der Waals surface area contributed by atoms with Gasteiger partial charge < -0.3 is 25.4 Å². The number of hydrogen-bond acceptors (Lipinski definition) is 6. The molecule has 0 radical (unpaired) electrons. The lowest BCUT2D eigenvalue weighted by Gasteiger charge is -2.33. The number of ether oxygens (including phenoxy) is 2. The second kappa shape index (κ2) is 11.2. The van der Waals surface area contributed by atoms with Crippen LogP contribution in [-0.2, 0) is 45.9 Å². The molecule has 3 fully saturated rings. The van der Waals surface area contributed by atoms with Gasteiger partial charge in [-0.2, -0.15) is 0 Å². The lowest BCUT2D eigenvalue weighted by molar-refractivity contribution is -0.132. The fourth-order valence-electron chi connectivity index (χ4n) is 8.22. The first-order valence-corrected chi connectivity index (χ1v) is 15.8. The number of Topliss-reactive ketones (excluding diaryl/α,β-unsaturated/α-hetero) is 1. The van der Waals surface area contributed by atoms with E-state index in [-0.39, 0.29) is 29.4 Å². The second-order valence-corrected chi connectivity index (χ2v) is 12.9. The molecule has 2 aromatic rings. The standard InChI is InChI=1S/C34H39N3O6/c38-28-19-22-18-23(6-8-25(22)33(28)10-14-42-15-11-33)35-30(39)29(21-4-2-1-3-5-21)31(40)36-24-7-9-26-27(20-24)37-32(41)34(26)12-16-43-17-13-34/h6-9,18,20-21,29H,1-5,10-17,19H2,(H,35,39)(H,36,40)(H,37,41). The minimum Gasteiger partial charge on any atom is -0.381 e. The Morgan fingerprint density at radius 3 is 2.00 bits per heavy atom. The van der Waals surface area contributed by atoms with Crippen molar-refractivity contribution in [2.75, 3.05) is 42.4 Å². The predicted molar refractivity (Wildman–Crippen MR) is 161 cm³/mol. The van der Waals surface area contributed by atoms with Gasteiger partial charge >= 0.3 is 0 Å². The highest BCUT2D eigenvalue weighted by Gasteiger charge is 2.48. The largest absolute Gasteiger partial charge is 0.381 e. The van der Waals surface area contributed by atoms with E-state index < -0.39 is 16.7 Å². The minimum absolute atomic E-state index is 0.0208. The van der Waals surface area contributed by atoms with E-state index in [1.54, 1.807) is 6.07 Å². The summed E-state index contributed by atoms with van der Waals surface area (Å²) in [6.45, 7) is 2.24. The summed E-state index contributed by atoms with van der Waals surface area (Å²) in [6.07, 6.45) is 7.73. The highest BCUT2D eigenvalue weighted by molar-refractivity contribution is 6.12. The SMILES string of the molecule is O=C(Nc1ccc2c(c1)CC(=O)C21CCOCC1)C(C(=O)Nc1ccc2c(c1)NC(=O)C21CCOCC1)C1CCCCC1. The van der Waals surface area contributed by atoms with E-state index in [1.165, 1.54) is 0 Å². The number of carbonyl (C=O) groups is 4. The molecule has 226 valence electrons. The van der Waals surface area contributed by atoms with Crippen LogP contribution in [0.5, 0.6) is 0 Å². The Kier molecular flexibility index (Phi) is 7.33. The second-order valence-electron chi connectivity index (χ2n) is 12.9. The average Bonchev–Trinajstić information content (AvgIpc) is 3.42. The predicted octanol–water partition coefficient (Wildman–Crippen LogP) is 4.63. The maximum Gasteiger partial charge on any atom is 0.237 e. The molecule has 0 aromatic heterocycles. The molecule has 1 atom stereocenters. The number of hydrogen-bond donors (Lipinski definition) is 3. The fraction of sp³-hybridized carbons (Fsp3) is 0.529. The third-order valence-electron chi connectivity index (χ3n) is 10.6. The molecule has 2 aliphatic carbocycles. The van der Waals surface area contributed by atoms with Crippen molar-refractivity contribution in [1.82, 2.24) is 0 Å². The first kappa shape index (κ1) is 28.2. The lowest BCUT2D eigenvalue weighted by Crippen LogP contribution is -2.40. The number of amides is 3. The van der Waals surface area contributed by atoms with Crippen molar-refractivity contribution < 1.29 is 28.7 Å². The van der Waals surface area contributed by atoms with Crippen molar-refractivity contribution in [2.45, 2.75) is 75.0 Å². The molecule has 0 bridgehead atoms. The molecule has 3 amide bonds. The van der Waals surface area contributed by atoms with Gasteiger partial charge in [0.1, 0.15) is 11.7 Å². The molecule has 1 unspecified atom stereocenters. The molecule has 5 aliphatic rings. The summed E-state index contributed by atoms with van der Waals surface area (Å²) in [6, 6.07) is 11.3. The van der Waals surface area contributed by atoms with E-state index in [0.29, 0.717) is 75.6 Å². The molecule has 9 nitrogen and oxygen atoms in total. The van der Waals surface area contributed by atoms with Gasteiger partial charge in [0.15, 0.2) is 0 Å². The van der Waals surface area contributed by atoms with Crippen LogP contribution < -0.4 is 16.0 Å². The summed E-state index contributed by atoms with van der Waals surface area (Å²) < 4.78 is 11.0. The molecule has 3 aliphatic heterocycles. The van der Waals surface area contributed by atoms with E-state index in [9.17, 15) is 19.2 Å². The van der Waals surface area contributed by atoms with Gasteiger partial charge in [-0.3, -0.25) is 19.2 Å². The summed E-state index contributed by atoms with van der Waals surface area (Å²) in [7, 11) is 0. The molecule has 2 saturated heterocycles. The average molecular weight is 586 g/mol. The molecule has 3 N–H and O–H groups in total. The lowest BCUT2D eigenvalue weighted by atomic mass is 9.74. The Balaban J connectivity index is 1.10. The molecule has 9 heteroatoms. The summed E-state index contributed by atoms with van der Waals surface area (Å²) in [5.74, 6) is -1.39. The van der Waals surface area contributed by atoms with Gasteiger partial charge in [-0.05, 0) is 85.4 Å². The van der Waals surface area contributed by atoms with Gasteiger partial charge in [0.25, 0.3) is 0 Å². The van der Waals surface area contributed by atoms with E-state index in [4.69, 9.17) is 9.47 Å². The van der Waals surface area contributed by atoms with Gasteiger partial charge in [0, 0.05) is 49.9 Å². The van der Waals surface area contributed by atoms with Crippen LogP contribution in [0.4, 0.5) is 17.1 Å². The fourth-order valence-corrected chi connectivity index (χ4v) is 8.22. The van der Waals surface area contributed by atoms with Gasteiger partial charge in [-0.25, -0.2) is 0 Å². The topological polar surface area (TPSA) is 123 Å². The highest BCUT2D eigenvalue weighted by atomic mass is 16.5. The van der Waals surface area contributed by atoms with Crippen LogP contribution in [0, 0.1) is 11.8 Å². The molecule has 2 spiro atoms. The van der Waals surface area contributed by atoms with Crippen molar-refractivity contribution >= 4 is 40.6 Å². The molecule has 7 rings (SSSR count). The maximum atomic E-state index is 13.8. The molecule has 43 heavy (non-hydrogen) atoms. The number of anilines is 3. The van der Waals surface area contributed by atoms with Crippen LogP contribution in [0.15, 0.2) is 36.4 Å². The summed E-state index contributed by atoms with van der Waals surface area (Å²) in [4.78, 5) is 53.7.